The molecule has 0 bridgehead atoms. The second-order valence-electron chi connectivity index (χ2n) is 10.8. The molecular formula is C31H39N3O5S. The van der Waals surface area contributed by atoms with Gasteiger partial charge in [-0.3, -0.25) is 13.9 Å². The first-order valence-corrected chi connectivity index (χ1v) is 14.6. The highest BCUT2D eigenvalue weighted by Gasteiger charge is 2.33. The van der Waals surface area contributed by atoms with Crippen molar-refractivity contribution in [2.75, 3.05) is 24.5 Å². The van der Waals surface area contributed by atoms with Crippen molar-refractivity contribution in [3.63, 3.8) is 0 Å². The molecule has 0 aromatic heterocycles. The molecule has 0 saturated carbocycles. The smallest absolute Gasteiger partial charge is 0.264 e. The van der Waals surface area contributed by atoms with Crippen LogP contribution in [0.25, 0.3) is 0 Å². The zero-order valence-corrected chi connectivity index (χ0v) is 24.9. The van der Waals surface area contributed by atoms with Gasteiger partial charge in [-0.1, -0.05) is 54.1 Å². The number of carbonyl (C=O) groups excluding carboxylic acids is 2. The summed E-state index contributed by atoms with van der Waals surface area (Å²) in [5.41, 5.74) is 1.69. The van der Waals surface area contributed by atoms with E-state index in [1.54, 1.807) is 43.3 Å². The largest absolute Gasteiger partial charge is 0.497 e. The molecule has 9 heteroatoms. The first-order chi connectivity index (χ1) is 18.8. The Hall–Kier alpha value is -3.85. The summed E-state index contributed by atoms with van der Waals surface area (Å²) >= 11 is 0. The Balaban J connectivity index is 2.00. The van der Waals surface area contributed by atoms with E-state index in [9.17, 15) is 18.0 Å². The minimum absolute atomic E-state index is 0.0584. The number of methoxy groups -OCH3 is 1. The normalized spacial score (nSPS) is 12.3. The van der Waals surface area contributed by atoms with Crippen molar-refractivity contribution in [1.29, 1.82) is 0 Å². The molecule has 0 aliphatic carbocycles. The summed E-state index contributed by atoms with van der Waals surface area (Å²) in [5.74, 6) is -0.359. The van der Waals surface area contributed by atoms with Crippen molar-refractivity contribution >= 4 is 27.5 Å². The molecule has 0 heterocycles. The maximum atomic E-state index is 14.0. The van der Waals surface area contributed by atoms with E-state index in [2.05, 4.69) is 5.32 Å². The number of nitrogens with one attached hydrogen (secondary N) is 1. The molecule has 3 aromatic rings. The molecule has 2 amide bonds. The van der Waals surface area contributed by atoms with Gasteiger partial charge in [-0.2, -0.15) is 0 Å². The fraction of sp³-hybridized carbons (Fsp3) is 0.355. The molecule has 1 N–H and O–H groups in total. The predicted octanol–water partition coefficient (Wildman–Crippen LogP) is 4.57. The summed E-state index contributed by atoms with van der Waals surface area (Å²) in [6, 6.07) is 21.8. The molecule has 3 rings (SSSR count). The van der Waals surface area contributed by atoms with Gasteiger partial charge in [0.25, 0.3) is 10.0 Å². The topological polar surface area (TPSA) is 96.0 Å². The van der Waals surface area contributed by atoms with Gasteiger partial charge in [0.1, 0.15) is 18.3 Å². The molecule has 0 radical (unpaired) electrons. The number of benzene rings is 3. The summed E-state index contributed by atoms with van der Waals surface area (Å²) < 4.78 is 34.2. The lowest BCUT2D eigenvalue weighted by molar-refractivity contribution is -0.139. The summed E-state index contributed by atoms with van der Waals surface area (Å²) in [6.45, 7) is 8.87. The second kappa shape index (κ2) is 13.0. The van der Waals surface area contributed by atoms with Crippen molar-refractivity contribution < 1.29 is 22.7 Å². The zero-order valence-electron chi connectivity index (χ0n) is 24.0. The molecule has 0 fully saturated rings. The number of carbonyl (C=O) groups is 2. The average molecular weight is 566 g/mol. The third-order valence-corrected chi connectivity index (χ3v) is 8.17. The molecule has 0 aliphatic rings. The summed E-state index contributed by atoms with van der Waals surface area (Å²) in [7, 11) is -2.65. The van der Waals surface area contributed by atoms with Gasteiger partial charge in [0.15, 0.2) is 0 Å². The molecule has 0 spiro atoms. The highest BCUT2D eigenvalue weighted by molar-refractivity contribution is 7.92. The first-order valence-electron chi connectivity index (χ1n) is 13.2. The van der Waals surface area contributed by atoms with Gasteiger partial charge in [-0.25, -0.2) is 8.42 Å². The number of rotatable bonds is 11. The lowest BCUT2D eigenvalue weighted by Crippen LogP contribution is -2.55. The Morgan fingerprint density at radius 2 is 1.60 bits per heavy atom. The van der Waals surface area contributed by atoms with Crippen LogP contribution in [0.4, 0.5) is 5.69 Å². The molecule has 0 aliphatic heterocycles. The van der Waals surface area contributed by atoms with Crippen LogP contribution in [0.5, 0.6) is 5.75 Å². The van der Waals surface area contributed by atoms with Crippen LogP contribution in [0, 0.1) is 6.92 Å². The van der Waals surface area contributed by atoms with E-state index < -0.39 is 34.1 Å². The lowest BCUT2D eigenvalue weighted by atomic mass is 10.1. The maximum Gasteiger partial charge on any atom is 0.264 e. The van der Waals surface area contributed by atoms with Gasteiger partial charge < -0.3 is 15.0 Å². The van der Waals surface area contributed by atoms with E-state index in [4.69, 9.17) is 4.74 Å². The van der Waals surface area contributed by atoms with Crippen molar-refractivity contribution in [2.24, 2.45) is 0 Å². The van der Waals surface area contributed by atoms with E-state index in [1.165, 1.54) is 24.1 Å². The van der Waals surface area contributed by atoms with Gasteiger partial charge in [-0.05, 0) is 70.9 Å². The minimum atomic E-state index is -4.14. The van der Waals surface area contributed by atoms with Crippen LogP contribution in [0.15, 0.2) is 83.8 Å². The van der Waals surface area contributed by atoms with Crippen molar-refractivity contribution in [1.82, 2.24) is 10.2 Å². The number of amides is 2. The van der Waals surface area contributed by atoms with E-state index >= 15 is 0 Å². The van der Waals surface area contributed by atoms with E-state index in [1.807, 2.05) is 58.0 Å². The third-order valence-electron chi connectivity index (χ3n) is 6.38. The fourth-order valence-corrected chi connectivity index (χ4v) is 5.58. The SMILES string of the molecule is COc1cccc(N(CC(=O)N(CCc2ccccc2)C(C)C(=O)NC(C)(C)C)S(=O)(=O)c2ccc(C)cc2)c1. The van der Waals surface area contributed by atoms with E-state index in [0.29, 0.717) is 12.2 Å². The number of nitrogens with zero attached hydrogens (tertiary/aromatic N) is 2. The maximum absolute atomic E-state index is 14.0. The van der Waals surface area contributed by atoms with Gasteiger partial charge >= 0.3 is 0 Å². The van der Waals surface area contributed by atoms with Gasteiger partial charge in [0, 0.05) is 18.2 Å². The van der Waals surface area contributed by atoms with Crippen LogP contribution >= 0.6 is 0 Å². The number of hydrogen-bond acceptors (Lipinski definition) is 5. The van der Waals surface area contributed by atoms with Gasteiger partial charge in [-0.15, -0.1) is 0 Å². The molecule has 0 saturated heterocycles. The number of hydrogen-bond donors (Lipinski definition) is 1. The summed E-state index contributed by atoms with van der Waals surface area (Å²) in [4.78, 5) is 28.6. The zero-order chi connectivity index (χ0) is 29.5. The molecule has 1 unspecified atom stereocenters. The Morgan fingerprint density at radius 1 is 0.950 bits per heavy atom. The first kappa shape index (κ1) is 30.7. The molecule has 214 valence electrons. The van der Waals surface area contributed by atoms with Crippen LogP contribution < -0.4 is 14.4 Å². The highest BCUT2D eigenvalue weighted by atomic mass is 32.2. The molecule has 1 atom stereocenters. The Labute approximate surface area is 238 Å². The van der Waals surface area contributed by atoms with Crippen molar-refractivity contribution in [2.45, 2.75) is 57.5 Å². The Bertz CT molecular complexity index is 1400. The van der Waals surface area contributed by atoms with Gasteiger partial charge in [0.05, 0.1) is 17.7 Å². The Kier molecular flexibility index (Phi) is 9.98. The Morgan fingerprint density at radius 3 is 2.20 bits per heavy atom. The lowest BCUT2D eigenvalue weighted by Gasteiger charge is -2.33. The summed E-state index contributed by atoms with van der Waals surface area (Å²) in [6.07, 6.45) is 0.504. The van der Waals surface area contributed by atoms with Crippen LogP contribution in [0.3, 0.4) is 0 Å². The van der Waals surface area contributed by atoms with E-state index in [0.717, 1.165) is 15.4 Å². The number of anilines is 1. The second-order valence-corrected chi connectivity index (χ2v) is 12.6. The fourth-order valence-electron chi connectivity index (χ4n) is 4.18. The number of sulfonamides is 1. The van der Waals surface area contributed by atoms with Crippen molar-refractivity contribution in [3.05, 3.63) is 90.0 Å². The molecule has 8 nitrogen and oxygen atoms in total. The average Bonchev–Trinajstić information content (AvgIpc) is 2.91. The number of ether oxygens (including phenoxy) is 1. The monoisotopic (exact) mass is 565 g/mol. The van der Waals surface area contributed by atoms with Crippen LogP contribution in [0.1, 0.15) is 38.8 Å². The predicted molar refractivity (Wildman–Crippen MR) is 158 cm³/mol. The van der Waals surface area contributed by atoms with Crippen LogP contribution in [-0.2, 0) is 26.0 Å². The van der Waals surface area contributed by atoms with Crippen LogP contribution in [-0.4, -0.2) is 56.9 Å². The molecular weight excluding hydrogens is 526 g/mol. The third kappa shape index (κ3) is 8.08. The summed E-state index contributed by atoms with van der Waals surface area (Å²) in [5, 5.41) is 2.93. The quantitative estimate of drug-likeness (QED) is 0.367. The van der Waals surface area contributed by atoms with Crippen LogP contribution in [0.2, 0.25) is 0 Å². The highest BCUT2D eigenvalue weighted by Crippen LogP contribution is 2.27. The molecule has 3 aromatic carbocycles. The van der Waals surface area contributed by atoms with Crippen molar-refractivity contribution in [3.8, 4) is 5.75 Å². The van der Waals surface area contributed by atoms with E-state index in [-0.39, 0.29) is 23.0 Å². The standard InChI is InChI=1S/C31H39N3O5S/c1-23-15-17-28(18-16-23)40(37,38)34(26-13-10-14-27(21-26)39-6)22-29(35)33(20-19-25-11-8-7-9-12-25)24(2)30(36)32-31(3,4)5/h7-18,21,24H,19-20,22H2,1-6H3,(H,32,36). The van der Waals surface area contributed by atoms with Gasteiger partial charge in [0.2, 0.25) is 11.8 Å². The number of aryl methyl sites for hydroxylation is 1. The molecule has 40 heavy (non-hydrogen) atoms. The minimum Gasteiger partial charge on any atom is -0.497 e.